The number of fused-ring (bicyclic) bond motifs is 1. The van der Waals surface area contributed by atoms with Crippen LogP contribution in [0.5, 0.6) is 5.75 Å². The highest BCUT2D eigenvalue weighted by Gasteiger charge is 2.46. The first-order chi connectivity index (χ1) is 10.3. The number of anilines is 1. The Bertz CT molecular complexity index is 685. The van der Waals surface area contributed by atoms with Gasteiger partial charge in [-0.05, 0) is 48.1 Å². The third-order valence-corrected chi connectivity index (χ3v) is 4.94. The van der Waals surface area contributed by atoms with Crippen molar-refractivity contribution < 1.29 is 4.74 Å². The van der Waals surface area contributed by atoms with Gasteiger partial charge in [-0.1, -0.05) is 51.1 Å². The van der Waals surface area contributed by atoms with Gasteiger partial charge in [0.2, 0.25) is 0 Å². The van der Waals surface area contributed by atoms with Crippen LogP contribution in [0.1, 0.15) is 37.5 Å². The Labute approximate surface area is 133 Å². The molecule has 0 saturated heterocycles. The summed E-state index contributed by atoms with van der Waals surface area (Å²) in [6.07, 6.45) is 0. The summed E-state index contributed by atoms with van der Waals surface area (Å²) < 4.78 is 6.19. The first-order valence-electron chi connectivity index (χ1n) is 7.91. The monoisotopic (exact) mass is 295 g/mol. The highest BCUT2D eigenvalue weighted by molar-refractivity contribution is 5.64. The number of hydrogen-bond acceptors (Lipinski definition) is 2. The fourth-order valence-corrected chi connectivity index (χ4v) is 3.17. The average Bonchev–Trinajstić information content (AvgIpc) is 2.48. The van der Waals surface area contributed by atoms with Gasteiger partial charge in [-0.25, -0.2) is 0 Å². The fourth-order valence-electron chi connectivity index (χ4n) is 3.17. The first-order valence-corrected chi connectivity index (χ1v) is 7.91. The predicted octanol–water partition coefficient (Wildman–Crippen LogP) is 5.05. The van der Waals surface area contributed by atoms with E-state index in [0.29, 0.717) is 6.61 Å². The number of nitrogens with one attached hydrogen (secondary N) is 1. The van der Waals surface area contributed by atoms with E-state index in [1.54, 1.807) is 0 Å². The number of benzene rings is 2. The van der Waals surface area contributed by atoms with E-state index in [9.17, 15) is 0 Å². The Balaban J connectivity index is 2.13. The lowest BCUT2D eigenvalue weighted by molar-refractivity contribution is 0.115. The standard InChI is InChI=1S/C20H25NO/c1-14-11-17-18(12-15(14)2)22-13-20(21-17,19(3,4)5)16-9-7-6-8-10-16/h6-12,21H,13H2,1-5H3. The van der Waals surface area contributed by atoms with Crippen molar-refractivity contribution >= 4 is 5.69 Å². The lowest BCUT2D eigenvalue weighted by Gasteiger charge is -2.49. The number of rotatable bonds is 1. The molecule has 3 rings (SSSR count). The van der Waals surface area contributed by atoms with Crippen molar-refractivity contribution in [1.29, 1.82) is 0 Å². The zero-order valence-electron chi connectivity index (χ0n) is 14.2. The maximum atomic E-state index is 6.19. The third kappa shape index (κ3) is 2.27. The van der Waals surface area contributed by atoms with Gasteiger partial charge in [0.1, 0.15) is 17.9 Å². The summed E-state index contributed by atoms with van der Waals surface area (Å²) in [4.78, 5) is 0. The Morgan fingerprint density at radius 2 is 1.64 bits per heavy atom. The van der Waals surface area contributed by atoms with Crippen LogP contribution < -0.4 is 10.1 Å². The quantitative estimate of drug-likeness (QED) is 0.795. The van der Waals surface area contributed by atoms with Crippen molar-refractivity contribution in [1.82, 2.24) is 0 Å². The van der Waals surface area contributed by atoms with Gasteiger partial charge in [0.05, 0.1) is 5.69 Å². The van der Waals surface area contributed by atoms with E-state index < -0.39 is 0 Å². The lowest BCUT2D eigenvalue weighted by atomic mass is 9.69. The molecule has 1 aliphatic rings. The molecule has 0 aliphatic carbocycles. The second-order valence-corrected chi connectivity index (χ2v) is 7.37. The van der Waals surface area contributed by atoms with E-state index in [2.05, 4.69) is 82.4 Å². The van der Waals surface area contributed by atoms with Gasteiger partial charge in [-0.2, -0.15) is 0 Å². The zero-order valence-corrected chi connectivity index (χ0v) is 14.2. The molecule has 2 aromatic rings. The number of hydrogen-bond donors (Lipinski definition) is 1. The normalized spacial score (nSPS) is 20.8. The summed E-state index contributed by atoms with van der Waals surface area (Å²) >= 11 is 0. The van der Waals surface area contributed by atoms with Crippen molar-refractivity contribution in [3.05, 3.63) is 59.2 Å². The Morgan fingerprint density at radius 1 is 1.00 bits per heavy atom. The topological polar surface area (TPSA) is 21.3 Å². The summed E-state index contributed by atoms with van der Waals surface area (Å²) in [7, 11) is 0. The summed E-state index contributed by atoms with van der Waals surface area (Å²) in [5, 5.41) is 3.81. The molecular weight excluding hydrogens is 270 g/mol. The van der Waals surface area contributed by atoms with E-state index in [0.717, 1.165) is 11.4 Å². The third-order valence-electron chi connectivity index (χ3n) is 4.94. The Kier molecular flexibility index (Phi) is 3.43. The molecule has 0 spiro atoms. The van der Waals surface area contributed by atoms with E-state index in [4.69, 9.17) is 4.74 Å². The largest absolute Gasteiger partial charge is 0.489 e. The summed E-state index contributed by atoms with van der Waals surface area (Å²) in [5.74, 6) is 0.957. The van der Waals surface area contributed by atoms with Crippen molar-refractivity contribution in [3.8, 4) is 5.75 Å². The van der Waals surface area contributed by atoms with Gasteiger partial charge in [0, 0.05) is 0 Å². The summed E-state index contributed by atoms with van der Waals surface area (Å²) in [5.41, 5.74) is 4.70. The average molecular weight is 295 g/mol. The maximum absolute atomic E-state index is 6.19. The van der Waals surface area contributed by atoms with Crippen molar-refractivity contribution in [3.63, 3.8) is 0 Å². The molecule has 0 fully saturated rings. The SMILES string of the molecule is Cc1cc2c(cc1C)OCC(c1ccccc1)(C(C)(C)C)N2. The van der Waals surface area contributed by atoms with Crippen LogP contribution in [0.4, 0.5) is 5.69 Å². The van der Waals surface area contributed by atoms with Crippen molar-refractivity contribution in [2.24, 2.45) is 5.41 Å². The molecule has 0 bridgehead atoms. The van der Waals surface area contributed by atoms with Gasteiger partial charge >= 0.3 is 0 Å². The van der Waals surface area contributed by atoms with Crippen LogP contribution in [0.15, 0.2) is 42.5 Å². The molecule has 1 N–H and O–H groups in total. The molecule has 116 valence electrons. The molecule has 0 radical (unpaired) electrons. The van der Waals surface area contributed by atoms with Gasteiger partial charge in [-0.3, -0.25) is 0 Å². The summed E-state index contributed by atoms with van der Waals surface area (Å²) in [6.45, 7) is 11.7. The Hall–Kier alpha value is -1.96. The van der Waals surface area contributed by atoms with Crippen LogP contribution in [0, 0.1) is 19.3 Å². The molecule has 2 aromatic carbocycles. The molecule has 1 aliphatic heterocycles. The number of aryl methyl sites for hydroxylation is 2. The molecule has 1 heterocycles. The zero-order chi connectivity index (χ0) is 16.0. The lowest BCUT2D eigenvalue weighted by Crippen LogP contribution is -2.53. The predicted molar refractivity (Wildman–Crippen MR) is 92.6 cm³/mol. The van der Waals surface area contributed by atoms with E-state index in [1.807, 2.05) is 0 Å². The Morgan fingerprint density at radius 3 is 2.27 bits per heavy atom. The van der Waals surface area contributed by atoms with Crippen LogP contribution in [0.3, 0.4) is 0 Å². The molecule has 1 unspecified atom stereocenters. The van der Waals surface area contributed by atoms with Crippen LogP contribution >= 0.6 is 0 Å². The fraction of sp³-hybridized carbons (Fsp3) is 0.400. The highest BCUT2D eigenvalue weighted by atomic mass is 16.5. The molecular formula is C20H25NO. The second kappa shape index (κ2) is 5.05. The minimum atomic E-state index is -0.233. The van der Waals surface area contributed by atoms with Crippen LogP contribution in [-0.4, -0.2) is 6.61 Å². The van der Waals surface area contributed by atoms with E-state index >= 15 is 0 Å². The minimum absolute atomic E-state index is 0.0187. The smallest absolute Gasteiger partial charge is 0.142 e. The second-order valence-electron chi connectivity index (χ2n) is 7.37. The van der Waals surface area contributed by atoms with Gasteiger partial charge in [0.15, 0.2) is 0 Å². The van der Waals surface area contributed by atoms with Gasteiger partial charge in [0.25, 0.3) is 0 Å². The molecule has 0 aromatic heterocycles. The van der Waals surface area contributed by atoms with Crippen LogP contribution in [0.2, 0.25) is 0 Å². The van der Waals surface area contributed by atoms with Crippen molar-refractivity contribution in [2.75, 3.05) is 11.9 Å². The molecule has 2 heteroatoms. The molecule has 0 amide bonds. The van der Waals surface area contributed by atoms with Gasteiger partial charge < -0.3 is 10.1 Å². The van der Waals surface area contributed by atoms with E-state index in [1.165, 1.54) is 16.7 Å². The van der Waals surface area contributed by atoms with Gasteiger partial charge in [-0.15, -0.1) is 0 Å². The highest BCUT2D eigenvalue weighted by Crippen LogP contribution is 2.47. The maximum Gasteiger partial charge on any atom is 0.142 e. The van der Waals surface area contributed by atoms with Crippen LogP contribution in [-0.2, 0) is 5.54 Å². The molecule has 2 nitrogen and oxygen atoms in total. The number of ether oxygens (including phenoxy) is 1. The molecule has 0 saturated carbocycles. The molecule has 22 heavy (non-hydrogen) atoms. The molecule has 1 atom stereocenters. The van der Waals surface area contributed by atoms with E-state index in [-0.39, 0.29) is 11.0 Å². The summed E-state index contributed by atoms with van der Waals surface area (Å²) in [6, 6.07) is 15.0. The minimum Gasteiger partial charge on any atom is -0.489 e. The van der Waals surface area contributed by atoms with Crippen LogP contribution in [0.25, 0.3) is 0 Å². The first kappa shape index (κ1) is 15.0. The van der Waals surface area contributed by atoms with Crippen molar-refractivity contribution in [2.45, 2.75) is 40.2 Å².